The van der Waals surface area contributed by atoms with E-state index >= 15 is 0 Å². The van der Waals surface area contributed by atoms with Crippen molar-refractivity contribution in [2.45, 2.75) is 19.9 Å². The first-order chi connectivity index (χ1) is 11.9. The number of esters is 1. The molecule has 1 heterocycles. The highest BCUT2D eigenvalue weighted by Gasteiger charge is 2.18. The first kappa shape index (κ1) is 19.0. The van der Waals surface area contributed by atoms with E-state index < -0.39 is 18.5 Å². The van der Waals surface area contributed by atoms with Crippen LogP contribution in [0.3, 0.4) is 0 Å². The minimum absolute atomic E-state index is 0.0534. The molecule has 0 saturated heterocycles. The van der Waals surface area contributed by atoms with Crippen LogP contribution in [0.15, 0.2) is 35.7 Å². The summed E-state index contributed by atoms with van der Waals surface area (Å²) in [4.78, 5) is 36.5. The first-order valence-corrected chi connectivity index (χ1v) is 8.73. The van der Waals surface area contributed by atoms with Gasteiger partial charge in [-0.2, -0.15) is 0 Å². The van der Waals surface area contributed by atoms with Crippen LogP contribution >= 0.6 is 22.9 Å². The normalized spacial score (nSPS) is 10.4. The third-order valence-electron chi connectivity index (χ3n) is 2.98. The molecule has 8 heteroatoms. The molecule has 2 amide bonds. The largest absolute Gasteiger partial charge is 0.452 e. The average molecular weight is 381 g/mol. The number of anilines is 1. The molecule has 0 atom stereocenters. The zero-order chi connectivity index (χ0) is 18.4. The first-order valence-electron chi connectivity index (χ1n) is 7.47. The van der Waals surface area contributed by atoms with Gasteiger partial charge in [-0.05, 0) is 43.5 Å². The number of ether oxygens (including phenoxy) is 1. The van der Waals surface area contributed by atoms with Crippen LogP contribution in [0.4, 0.5) is 5.69 Å². The molecule has 0 bridgehead atoms. The Morgan fingerprint density at radius 2 is 2.00 bits per heavy atom. The van der Waals surface area contributed by atoms with Gasteiger partial charge in [0.2, 0.25) is 0 Å². The van der Waals surface area contributed by atoms with E-state index in [0.29, 0.717) is 9.90 Å². The number of carbonyl (C=O) groups excluding carboxylic acids is 3. The van der Waals surface area contributed by atoms with Gasteiger partial charge in [0.1, 0.15) is 0 Å². The smallest absolute Gasteiger partial charge is 0.340 e. The lowest BCUT2D eigenvalue weighted by molar-refractivity contribution is -0.124. The van der Waals surface area contributed by atoms with Gasteiger partial charge in [0.05, 0.1) is 16.1 Å². The third-order valence-corrected chi connectivity index (χ3v) is 4.08. The van der Waals surface area contributed by atoms with Crippen molar-refractivity contribution in [2.75, 3.05) is 11.9 Å². The van der Waals surface area contributed by atoms with E-state index in [0.717, 1.165) is 0 Å². The number of amides is 2. The van der Waals surface area contributed by atoms with Crippen molar-refractivity contribution < 1.29 is 19.1 Å². The molecule has 6 nitrogen and oxygen atoms in total. The Balaban J connectivity index is 2.10. The van der Waals surface area contributed by atoms with Gasteiger partial charge in [-0.25, -0.2) is 4.79 Å². The van der Waals surface area contributed by atoms with Gasteiger partial charge in [0, 0.05) is 11.1 Å². The molecule has 0 spiro atoms. The quantitative estimate of drug-likeness (QED) is 0.753. The van der Waals surface area contributed by atoms with Gasteiger partial charge in [0.25, 0.3) is 11.8 Å². The molecule has 2 rings (SSSR count). The molecule has 0 saturated carbocycles. The SMILES string of the molecule is CC(C)NC(=O)COC(=O)c1ccc(Cl)cc1NC(=O)c1cccs1. The van der Waals surface area contributed by atoms with Crippen LogP contribution in [0.1, 0.15) is 33.9 Å². The maximum absolute atomic E-state index is 12.2. The summed E-state index contributed by atoms with van der Waals surface area (Å²) in [5.41, 5.74) is 0.340. The number of carbonyl (C=O) groups is 3. The van der Waals surface area contributed by atoms with Gasteiger partial charge in [-0.1, -0.05) is 17.7 Å². The Hall–Kier alpha value is -2.38. The zero-order valence-corrected chi connectivity index (χ0v) is 15.2. The molecule has 2 N–H and O–H groups in total. The van der Waals surface area contributed by atoms with Crippen LogP contribution in [0.25, 0.3) is 0 Å². The molecule has 0 aliphatic heterocycles. The Bertz CT molecular complexity index is 775. The van der Waals surface area contributed by atoms with E-state index in [-0.39, 0.29) is 23.2 Å². The molecular formula is C17H17ClN2O4S. The molecule has 25 heavy (non-hydrogen) atoms. The second kappa shape index (κ2) is 8.64. The highest BCUT2D eigenvalue weighted by atomic mass is 35.5. The Labute approximate surface area is 154 Å². The summed E-state index contributed by atoms with van der Waals surface area (Å²) < 4.78 is 5.00. The number of rotatable bonds is 6. The Kier molecular flexibility index (Phi) is 6.55. The van der Waals surface area contributed by atoms with Gasteiger partial charge >= 0.3 is 5.97 Å². The van der Waals surface area contributed by atoms with Crippen LogP contribution in [-0.4, -0.2) is 30.4 Å². The third kappa shape index (κ3) is 5.58. The molecule has 0 radical (unpaired) electrons. The van der Waals surface area contributed by atoms with Gasteiger partial charge in [0.15, 0.2) is 6.61 Å². The van der Waals surface area contributed by atoms with Crippen molar-refractivity contribution in [1.82, 2.24) is 5.32 Å². The van der Waals surface area contributed by atoms with Crippen LogP contribution in [0.5, 0.6) is 0 Å². The van der Waals surface area contributed by atoms with Crippen molar-refractivity contribution in [1.29, 1.82) is 0 Å². The molecule has 132 valence electrons. The summed E-state index contributed by atoms with van der Waals surface area (Å²) >= 11 is 7.22. The molecule has 0 aliphatic rings. The monoisotopic (exact) mass is 380 g/mol. The van der Waals surface area contributed by atoms with E-state index in [1.807, 2.05) is 0 Å². The predicted octanol–water partition coefficient (Wildman–Crippen LogP) is 3.34. The van der Waals surface area contributed by atoms with Crippen LogP contribution < -0.4 is 10.6 Å². The summed E-state index contributed by atoms with van der Waals surface area (Å²) in [6, 6.07) is 7.76. The predicted molar refractivity (Wildman–Crippen MR) is 97.3 cm³/mol. The number of hydrogen-bond donors (Lipinski definition) is 2. The standard InChI is InChI=1S/C17H17ClN2O4S/c1-10(2)19-15(21)9-24-17(23)12-6-5-11(18)8-13(12)20-16(22)14-4-3-7-25-14/h3-8,10H,9H2,1-2H3,(H,19,21)(H,20,22). The maximum Gasteiger partial charge on any atom is 0.340 e. The van der Waals surface area contributed by atoms with Crippen LogP contribution in [-0.2, 0) is 9.53 Å². The second-order valence-electron chi connectivity index (χ2n) is 5.42. The Morgan fingerprint density at radius 1 is 1.24 bits per heavy atom. The maximum atomic E-state index is 12.2. The van der Waals surface area contributed by atoms with Crippen molar-refractivity contribution in [3.63, 3.8) is 0 Å². The minimum atomic E-state index is -0.725. The number of halogens is 1. The molecule has 0 fully saturated rings. The van der Waals surface area contributed by atoms with Gasteiger partial charge in [-0.3, -0.25) is 9.59 Å². The lowest BCUT2D eigenvalue weighted by atomic mass is 10.1. The molecule has 0 unspecified atom stereocenters. The molecule has 0 aliphatic carbocycles. The second-order valence-corrected chi connectivity index (χ2v) is 6.80. The molecule has 2 aromatic rings. The summed E-state index contributed by atoms with van der Waals surface area (Å²) in [5.74, 6) is -1.48. The highest BCUT2D eigenvalue weighted by Crippen LogP contribution is 2.23. The topological polar surface area (TPSA) is 84.5 Å². The van der Waals surface area contributed by atoms with E-state index in [9.17, 15) is 14.4 Å². The molecule has 1 aromatic carbocycles. The fourth-order valence-corrected chi connectivity index (χ4v) is 2.75. The van der Waals surface area contributed by atoms with Crippen molar-refractivity contribution in [3.8, 4) is 0 Å². The van der Waals surface area contributed by atoms with E-state index in [2.05, 4.69) is 10.6 Å². The average Bonchev–Trinajstić information content (AvgIpc) is 3.06. The lowest BCUT2D eigenvalue weighted by Crippen LogP contribution is -2.34. The van der Waals surface area contributed by atoms with E-state index in [1.165, 1.54) is 29.5 Å². The van der Waals surface area contributed by atoms with Gasteiger partial charge < -0.3 is 15.4 Å². The van der Waals surface area contributed by atoms with E-state index in [4.69, 9.17) is 16.3 Å². The molecular weight excluding hydrogens is 364 g/mol. The number of nitrogens with one attached hydrogen (secondary N) is 2. The van der Waals surface area contributed by atoms with Gasteiger partial charge in [-0.15, -0.1) is 11.3 Å². The summed E-state index contributed by atoms with van der Waals surface area (Å²) in [6.45, 7) is 3.20. The summed E-state index contributed by atoms with van der Waals surface area (Å²) in [5, 5.41) is 7.39. The minimum Gasteiger partial charge on any atom is -0.452 e. The van der Waals surface area contributed by atoms with Crippen molar-refractivity contribution >= 4 is 46.4 Å². The highest BCUT2D eigenvalue weighted by molar-refractivity contribution is 7.12. The van der Waals surface area contributed by atoms with Crippen LogP contribution in [0.2, 0.25) is 5.02 Å². The fourth-order valence-electron chi connectivity index (χ4n) is 1.96. The number of hydrogen-bond acceptors (Lipinski definition) is 5. The van der Waals surface area contributed by atoms with Crippen molar-refractivity contribution in [3.05, 3.63) is 51.2 Å². The summed E-state index contributed by atoms with van der Waals surface area (Å²) in [6.07, 6.45) is 0. The van der Waals surface area contributed by atoms with E-state index in [1.54, 1.807) is 31.4 Å². The summed E-state index contributed by atoms with van der Waals surface area (Å²) in [7, 11) is 0. The molecule has 1 aromatic heterocycles. The van der Waals surface area contributed by atoms with Crippen LogP contribution in [0, 0.1) is 0 Å². The lowest BCUT2D eigenvalue weighted by Gasteiger charge is -2.12. The zero-order valence-electron chi connectivity index (χ0n) is 13.7. The number of benzene rings is 1. The number of thiophene rings is 1. The fraction of sp³-hybridized carbons (Fsp3) is 0.235. The Morgan fingerprint density at radius 3 is 2.64 bits per heavy atom. The van der Waals surface area contributed by atoms with Crippen molar-refractivity contribution in [2.24, 2.45) is 0 Å².